The van der Waals surface area contributed by atoms with Crippen LogP contribution in [0, 0.1) is 10.1 Å². The SMILES string of the molecule is O=C(Cc1csc(-c2cccnc2)n1)N1CCN(c2ccc([N+](=O)[O-])cc2)CC1. The first kappa shape index (κ1) is 19.0. The largest absolute Gasteiger partial charge is 0.368 e. The van der Waals surface area contributed by atoms with E-state index in [2.05, 4.69) is 14.9 Å². The van der Waals surface area contributed by atoms with Crippen molar-refractivity contribution < 1.29 is 9.72 Å². The van der Waals surface area contributed by atoms with Crippen LogP contribution in [0.15, 0.2) is 54.2 Å². The van der Waals surface area contributed by atoms with Gasteiger partial charge in [0, 0.05) is 67.3 Å². The third kappa shape index (κ3) is 4.40. The molecule has 0 atom stereocenters. The van der Waals surface area contributed by atoms with Gasteiger partial charge in [0.15, 0.2) is 0 Å². The monoisotopic (exact) mass is 409 g/mol. The van der Waals surface area contributed by atoms with Gasteiger partial charge in [-0.3, -0.25) is 19.9 Å². The van der Waals surface area contributed by atoms with Crippen LogP contribution in [-0.2, 0) is 11.2 Å². The molecule has 1 aromatic carbocycles. The third-order valence-electron chi connectivity index (χ3n) is 4.85. The number of hydrogen-bond donors (Lipinski definition) is 0. The first-order chi connectivity index (χ1) is 14.1. The second kappa shape index (κ2) is 8.36. The summed E-state index contributed by atoms with van der Waals surface area (Å²) in [7, 11) is 0. The number of non-ortho nitro benzene ring substituents is 1. The Morgan fingerprint density at radius 3 is 2.55 bits per heavy atom. The molecule has 3 heterocycles. The molecule has 1 saturated heterocycles. The molecule has 1 aliphatic rings. The number of carbonyl (C=O) groups excluding carboxylic acids is 1. The summed E-state index contributed by atoms with van der Waals surface area (Å²) in [5.41, 5.74) is 2.74. The molecular weight excluding hydrogens is 390 g/mol. The molecule has 4 rings (SSSR count). The summed E-state index contributed by atoms with van der Waals surface area (Å²) in [6, 6.07) is 10.3. The molecule has 9 heteroatoms. The second-order valence-electron chi connectivity index (χ2n) is 6.70. The van der Waals surface area contributed by atoms with E-state index in [1.807, 2.05) is 22.4 Å². The number of piperazine rings is 1. The Bertz CT molecular complexity index is 998. The molecule has 0 spiro atoms. The molecule has 29 heavy (non-hydrogen) atoms. The lowest BCUT2D eigenvalue weighted by Gasteiger charge is -2.36. The van der Waals surface area contributed by atoms with Gasteiger partial charge < -0.3 is 9.80 Å². The average Bonchev–Trinajstić information content (AvgIpc) is 3.23. The molecule has 2 aromatic heterocycles. The molecule has 0 unspecified atom stereocenters. The number of thiazole rings is 1. The summed E-state index contributed by atoms with van der Waals surface area (Å²) < 4.78 is 0. The van der Waals surface area contributed by atoms with E-state index in [1.54, 1.807) is 24.5 Å². The summed E-state index contributed by atoms with van der Waals surface area (Å²) >= 11 is 1.51. The van der Waals surface area contributed by atoms with E-state index in [0.717, 1.165) is 22.0 Å². The van der Waals surface area contributed by atoms with Gasteiger partial charge in [-0.2, -0.15) is 0 Å². The van der Waals surface area contributed by atoms with Crippen LogP contribution in [0.3, 0.4) is 0 Å². The van der Waals surface area contributed by atoms with Gasteiger partial charge in [0.1, 0.15) is 5.01 Å². The molecule has 1 fully saturated rings. The van der Waals surface area contributed by atoms with Gasteiger partial charge in [0.2, 0.25) is 5.91 Å². The zero-order valence-electron chi connectivity index (χ0n) is 15.6. The number of pyridine rings is 1. The predicted octanol–water partition coefficient (Wildman–Crippen LogP) is 3.00. The number of anilines is 1. The molecule has 1 aliphatic heterocycles. The van der Waals surface area contributed by atoms with E-state index in [9.17, 15) is 14.9 Å². The number of rotatable bonds is 5. The standard InChI is InChI=1S/C20H19N5O3S/c26-19(12-16-14-29-20(22-16)15-2-1-7-21-13-15)24-10-8-23(9-11-24)17-3-5-18(6-4-17)25(27)28/h1-7,13-14H,8-12H2. The van der Waals surface area contributed by atoms with Crippen molar-refractivity contribution in [1.29, 1.82) is 0 Å². The zero-order chi connectivity index (χ0) is 20.2. The number of nitro benzene ring substituents is 1. The highest BCUT2D eigenvalue weighted by Crippen LogP contribution is 2.24. The minimum atomic E-state index is -0.404. The number of carbonyl (C=O) groups is 1. The molecule has 0 aliphatic carbocycles. The number of aromatic nitrogens is 2. The van der Waals surface area contributed by atoms with Crippen molar-refractivity contribution in [2.75, 3.05) is 31.1 Å². The maximum Gasteiger partial charge on any atom is 0.269 e. The highest BCUT2D eigenvalue weighted by molar-refractivity contribution is 7.13. The molecule has 0 bridgehead atoms. The van der Waals surface area contributed by atoms with Crippen LogP contribution in [0.2, 0.25) is 0 Å². The van der Waals surface area contributed by atoms with Crippen LogP contribution in [0.1, 0.15) is 5.69 Å². The lowest BCUT2D eigenvalue weighted by atomic mass is 10.2. The van der Waals surface area contributed by atoms with Crippen LogP contribution in [0.5, 0.6) is 0 Å². The number of benzene rings is 1. The van der Waals surface area contributed by atoms with Crippen molar-refractivity contribution >= 4 is 28.6 Å². The van der Waals surface area contributed by atoms with Crippen molar-refractivity contribution in [3.63, 3.8) is 0 Å². The zero-order valence-corrected chi connectivity index (χ0v) is 16.4. The van der Waals surface area contributed by atoms with Gasteiger partial charge in [-0.05, 0) is 24.3 Å². The smallest absolute Gasteiger partial charge is 0.269 e. The first-order valence-corrected chi connectivity index (χ1v) is 10.1. The van der Waals surface area contributed by atoms with Crippen LogP contribution in [0.25, 0.3) is 10.6 Å². The van der Waals surface area contributed by atoms with Gasteiger partial charge in [-0.25, -0.2) is 4.98 Å². The van der Waals surface area contributed by atoms with E-state index in [1.165, 1.54) is 23.5 Å². The Labute approximate surface area is 171 Å². The molecule has 0 N–H and O–H groups in total. The molecule has 3 aromatic rings. The van der Waals surface area contributed by atoms with Gasteiger partial charge in [-0.1, -0.05) is 0 Å². The van der Waals surface area contributed by atoms with Crippen LogP contribution in [-0.4, -0.2) is 51.9 Å². The second-order valence-corrected chi connectivity index (χ2v) is 7.56. The molecule has 1 amide bonds. The fraction of sp³-hybridized carbons (Fsp3) is 0.250. The van der Waals surface area contributed by atoms with Crippen LogP contribution in [0.4, 0.5) is 11.4 Å². The van der Waals surface area contributed by atoms with Gasteiger partial charge in [0.05, 0.1) is 17.0 Å². The topological polar surface area (TPSA) is 92.5 Å². The number of nitro groups is 1. The fourth-order valence-corrected chi connectivity index (χ4v) is 4.09. The van der Waals surface area contributed by atoms with Crippen molar-refractivity contribution in [3.8, 4) is 10.6 Å². The maximum atomic E-state index is 12.7. The Balaban J connectivity index is 1.32. The highest BCUT2D eigenvalue weighted by atomic mass is 32.1. The van der Waals surface area contributed by atoms with Gasteiger partial charge in [-0.15, -0.1) is 11.3 Å². The lowest BCUT2D eigenvalue weighted by Crippen LogP contribution is -2.49. The van der Waals surface area contributed by atoms with E-state index in [0.29, 0.717) is 26.2 Å². The number of amides is 1. The summed E-state index contributed by atoms with van der Waals surface area (Å²) in [5, 5.41) is 13.6. The first-order valence-electron chi connectivity index (χ1n) is 9.22. The van der Waals surface area contributed by atoms with E-state index in [-0.39, 0.29) is 18.0 Å². The van der Waals surface area contributed by atoms with Crippen LogP contribution < -0.4 is 4.90 Å². The Hall–Kier alpha value is -3.33. The molecule has 8 nitrogen and oxygen atoms in total. The molecule has 0 radical (unpaired) electrons. The van der Waals surface area contributed by atoms with E-state index >= 15 is 0 Å². The Morgan fingerprint density at radius 1 is 1.14 bits per heavy atom. The predicted molar refractivity (Wildman–Crippen MR) is 111 cm³/mol. The minimum Gasteiger partial charge on any atom is -0.368 e. The van der Waals surface area contributed by atoms with Crippen molar-refractivity contribution in [3.05, 3.63) is 70.0 Å². The third-order valence-corrected chi connectivity index (χ3v) is 5.79. The van der Waals surface area contributed by atoms with Gasteiger partial charge in [0.25, 0.3) is 5.69 Å². The average molecular weight is 409 g/mol. The van der Waals surface area contributed by atoms with Gasteiger partial charge >= 0.3 is 0 Å². The Morgan fingerprint density at radius 2 is 1.90 bits per heavy atom. The minimum absolute atomic E-state index is 0.0661. The Kier molecular flexibility index (Phi) is 5.48. The molecule has 0 saturated carbocycles. The number of nitrogens with zero attached hydrogens (tertiary/aromatic N) is 5. The summed E-state index contributed by atoms with van der Waals surface area (Å²) in [5.74, 6) is 0.0661. The maximum absolute atomic E-state index is 12.7. The molecular formula is C20H19N5O3S. The van der Waals surface area contributed by atoms with Crippen molar-refractivity contribution in [1.82, 2.24) is 14.9 Å². The van der Waals surface area contributed by atoms with Crippen molar-refractivity contribution in [2.24, 2.45) is 0 Å². The lowest BCUT2D eigenvalue weighted by molar-refractivity contribution is -0.384. The van der Waals surface area contributed by atoms with Crippen LogP contribution >= 0.6 is 11.3 Å². The summed E-state index contributed by atoms with van der Waals surface area (Å²) in [6.45, 7) is 2.63. The number of hydrogen-bond acceptors (Lipinski definition) is 7. The normalized spacial score (nSPS) is 14.1. The summed E-state index contributed by atoms with van der Waals surface area (Å²) in [6.07, 6.45) is 3.77. The van der Waals surface area contributed by atoms with E-state index < -0.39 is 4.92 Å². The fourth-order valence-electron chi connectivity index (χ4n) is 3.28. The van der Waals surface area contributed by atoms with Crippen molar-refractivity contribution in [2.45, 2.75) is 6.42 Å². The molecule has 148 valence electrons. The highest BCUT2D eigenvalue weighted by Gasteiger charge is 2.22. The quantitative estimate of drug-likeness (QED) is 0.475. The van der Waals surface area contributed by atoms with E-state index in [4.69, 9.17) is 0 Å². The summed E-state index contributed by atoms with van der Waals surface area (Å²) in [4.78, 5) is 35.7.